The Morgan fingerprint density at radius 1 is 1.38 bits per heavy atom. The SMILES string of the molecule is CCC(C)C(C)N(C)C1(C)COC1. The van der Waals surface area contributed by atoms with Gasteiger partial charge in [-0.3, -0.25) is 4.90 Å². The summed E-state index contributed by atoms with van der Waals surface area (Å²) in [6.45, 7) is 11.0. The molecule has 0 spiro atoms. The third kappa shape index (κ3) is 2.05. The van der Waals surface area contributed by atoms with Gasteiger partial charge in [0.05, 0.1) is 18.8 Å². The smallest absolute Gasteiger partial charge is 0.0671 e. The summed E-state index contributed by atoms with van der Waals surface area (Å²) in [6, 6.07) is 0.652. The van der Waals surface area contributed by atoms with E-state index in [0.717, 1.165) is 19.1 Å². The van der Waals surface area contributed by atoms with E-state index in [4.69, 9.17) is 4.74 Å². The van der Waals surface area contributed by atoms with Crippen LogP contribution in [-0.2, 0) is 4.74 Å². The second kappa shape index (κ2) is 3.97. The molecule has 0 aromatic heterocycles. The van der Waals surface area contributed by atoms with Gasteiger partial charge in [0.15, 0.2) is 0 Å². The van der Waals surface area contributed by atoms with Gasteiger partial charge in [-0.25, -0.2) is 0 Å². The van der Waals surface area contributed by atoms with Gasteiger partial charge in [-0.2, -0.15) is 0 Å². The van der Waals surface area contributed by atoms with Crippen molar-refractivity contribution in [2.45, 2.75) is 45.7 Å². The minimum absolute atomic E-state index is 0.294. The maximum absolute atomic E-state index is 5.28. The summed E-state index contributed by atoms with van der Waals surface area (Å²) in [6.07, 6.45) is 1.25. The Kier molecular flexibility index (Phi) is 3.36. The Morgan fingerprint density at radius 3 is 2.23 bits per heavy atom. The lowest BCUT2D eigenvalue weighted by atomic mass is 9.91. The molecule has 1 heterocycles. The molecule has 0 aromatic rings. The molecule has 0 aromatic carbocycles. The van der Waals surface area contributed by atoms with Gasteiger partial charge in [-0.1, -0.05) is 20.3 Å². The van der Waals surface area contributed by atoms with Crippen LogP contribution in [0.1, 0.15) is 34.1 Å². The Hall–Kier alpha value is -0.0800. The molecular weight excluding hydrogens is 162 g/mol. The molecule has 0 bridgehead atoms. The van der Waals surface area contributed by atoms with Gasteiger partial charge in [-0.05, 0) is 26.8 Å². The molecule has 0 amide bonds. The van der Waals surface area contributed by atoms with Gasteiger partial charge in [-0.15, -0.1) is 0 Å². The van der Waals surface area contributed by atoms with Crippen molar-refractivity contribution in [3.8, 4) is 0 Å². The van der Waals surface area contributed by atoms with E-state index in [0.29, 0.717) is 11.6 Å². The number of nitrogens with zero attached hydrogens (tertiary/aromatic N) is 1. The molecule has 2 nitrogen and oxygen atoms in total. The lowest BCUT2D eigenvalue weighted by molar-refractivity contribution is -0.137. The molecule has 2 unspecified atom stereocenters. The van der Waals surface area contributed by atoms with Crippen molar-refractivity contribution in [1.29, 1.82) is 0 Å². The van der Waals surface area contributed by atoms with E-state index in [1.165, 1.54) is 6.42 Å². The van der Waals surface area contributed by atoms with Gasteiger partial charge in [0.1, 0.15) is 0 Å². The molecule has 1 fully saturated rings. The van der Waals surface area contributed by atoms with E-state index in [1.54, 1.807) is 0 Å². The van der Waals surface area contributed by atoms with E-state index < -0.39 is 0 Å². The van der Waals surface area contributed by atoms with Crippen LogP contribution >= 0.6 is 0 Å². The first-order valence-electron chi connectivity index (χ1n) is 5.32. The summed E-state index contributed by atoms with van der Waals surface area (Å²) >= 11 is 0. The van der Waals surface area contributed by atoms with Crippen LogP contribution in [0.3, 0.4) is 0 Å². The summed E-state index contributed by atoms with van der Waals surface area (Å²) in [5.41, 5.74) is 0.294. The first-order chi connectivity index (χ1) is 6.01. The van der Waals surface area contributed by atoms with Crippen molar-refractivity contribution in [2.24, 2.45) is 5.92 Å². The fourth-order valence-corrected chi connectivity index (χ4v) is 1.82. The summed E-state index contributed by atoms with van der Waals surface area (Å²) in [7, 11) is 2.22. The Labute approximate surface area is 82.3 Å². The highest BCUT2D eigenvalue weighted by Gasteiger charge is 2.40. The second-order valence-corrected chi connectivity index (χ2v) is 4.73. The van der Waals surface area contributed by atoms with Crippen LogP contribution in [0.15, 0.2) is 0 Å². The van der Waals surface area contributed by atoms with Crippen LogP contribution in [0.5, 0.6) is 0 Å². The summed E-state index contributed by atoms with van der Waals surface area (Å²) in [4.78, 5) is 2.48. The summed E-state index contributed by atoms with van der Waals surface area (Å²) in [5.74, 6) is 0.766. The Morgan fingerprint density at radius 2 is 1.92 bits per heavy atom. The molecule has 1 aliphatic heterocycles. The fraction of sp³-hybridized carbons (Fsp3) is 1.00. The predicted molar refractivity (Wildman–Crippen MR) is 55.9 cm³/mol. The van der Waals surface area contributed by atoms with E-state index in [2.05, 4.69) is 39.6 Å². The highest BCUT2D eigenvalue weighted by atomic mass is 16.5. The normalized spacial score (nSPS) is 25.4. The Bertz CT molecular complexity index is 165. The van der Waals surface area contributed by atoms with Crippen LogP contribution in [0, 0.1) is 5.92 Å². The molecule has 1 saturated heterocycles. The first-order valence-corrected chi connectivity index (χ1v) is 5.32. The molecule has 0 aliphatic carbocycles. The van der Waals surface area contributed by atoms with E-state index in [-0.39, 0.29) is 0 Å². The lowest BCUT2D eigenvalue weighted by Crippen LogP contribution is -2.61. The molecule has 13 heavy (non-hydrogen) atoms. The standard InChI is InChI=1S/C11H23NO/c1-6-9(2)10(3)12(5)11(4)7-13-8-11/h9-10H,6-8H2,1-5H3. The van der Waals surface area contributed by atoms with Crippen molar-refractivity contribution >= 4 is 0 Å². The molecule has 2 heteroatoms. The zero-order valence-electron chi connectivity index (χ0n) is 9.63. The highest BCUT2D eigenvalue weighted by molar-refractivity contribution is 4.93. The molecule has 2 atom stereocenters. The minimum Gasteiger partial charge on any atom is -0.377 e. The molecule has 0 saturated carbocycles. The minimum atomic E-state index is 0.294. The van der Waals surface area contributed by atoms with Crippen molar-refractivity contribution in [3.63, 3.8) is 0 Å². The Balaban J connectivity index is 2.50. The van der Waals surface area contributed by atoms with Crippen LogP contribution in [0.25, 0.3) is 0 Å². The van der Waals surface area contributed by atoms with Gasteiger partial charge in [0.25, 0.3) is 0 Å². The largest absolute Gasteiger partial charge is 0.377 e. The van der Waals surface area contributed by atoms with Crippen LogP contribution in [-0.4, -0.2) is 36.7 Å². The van der Waals surface area contributed by atoms with Crippen LogP contribution in [0.4, 0.5) is 0 Å². The van der Waals surface area contributed by atoms with Gasteiger partial charge in [0, 0.05) is 6.04 Å². The number of hydrogen-bond donors (Lipinski definition) is 0. The zero-order valence-corrected chi connectivity index (χ0v) is 9.63. The maximum atomic E-state index is 5.28. The molecule has 1 rings (SSSR count). The van der Waals surface area contributed by atoms with Crippen molar-refractivity contribution in [3.05, 3.63) is 0 Å². The third-order valence-electron chi connectivity index (χ3n) is 3.76. The van der Waals surface area contributed by atoms with Gasteiger partial charge >= 0.3 is 0 Å². The number of rotatable bonds is 4. The van der Waals surface area contributed by atoms with Crippen LogP contribution in [0.2, 0.25) is 0 Å². The van der Waals surface area contributed by atoms with Crippen LogP contribution < -0.4 is 0 Å². The molecule has 78 valence electrons. The average Bonchev–Trinajstić information content (AvgIpc) is 2.10. The number of ether oxygens (including phenoxy) is 1. The second-order valence-electron chi connectivity index (χ2n) is 4.73. The fourth-order valence-electron chi connectivity index (χ4n) is 1.82. The van der Waals surface area contributed by atoms with E-state index in [1.807, 2.05) is 0 Å². The van der Waals surface area contributed by atoms with Gasteiger partial charge in [0.2, 0.25) is 0 Å². The molecule has 0 radical (unpaired) electrons. The molecule has 1 aliphatic rings. The summed E-state index contributed by atoms with van der Waals surface area (Å²) in [5, 5.41) is 0. The number of likely N-dealkylation sites (N-methyl/N-ethyl adjacent to an activating group) is 1. The number of hydrogen-bond acceptors (Lipinski definition) is 2. The van der Waals surface area contributed by atoms with Gasteiger partial charge < -0.3 is 4.74 Å². The van der Waals surface area contributed by atoms with Crippen molar-refractivity contribution in [2.75, 3.05) is 20.3 Å². The predicted octanol–water partition coefficient (Wildman–Crippen LogP) is 2.14. The lowest BCUT2D eigenvalue weighted by Gasteiger charge is -2.49. The third-order valence-corrected chi connectivity index (χ3v) is 3.76. The van der Waals surface area contributed by atoms with E-state index >= 15 is 0 Å². The highest BCUT2D eigenvalue weighted by Crippen LogP contribution is 2.27. The molecule has 0 N–H and O–H groups in total. The topological polar surface area (TPSA) is 12.5 Å². The summed E-state index contributed by atoms with van der Waals surface area (Å²) < 4.78 is 5.28. The van der Waals surface area contributed by atoms with E-state index in [9.17, 15) is 0 Å². The monoisotopic (exact) mass is 185 g/mol. The van der Waals surface area contributed by atoms with Crippen molar-refractivity contribution < 1.29 is 4.74 Å². The first kappa shape index (κ1) is 11.0. The maximum Gasteiger partial charge on any atom is 0.0671 e. The zero-order chi connectivity index (χ0) is 10.1. The average molecular weight is 185 g/mol. The van der Waals surface area contributed by atoms with Crippen molar-refractivity contribution in [1.82, 2.24) is 4.90 Å². The quantitative estimate of drug-likeness (QED) is 0.665. The molecular formula is C11H23NO.